The number of likely N-dealkylation sites (tertiary alicyclic amines) is 1. The van der Waals surface area contributed by atoms with Gasteiger partial charge in [0.15, 0.2) is 0 Å². The summed E-state index contributed by atoms with van der Waals surface area (Å²) in [6.45, 7) is 6.09. The number of thiophene rings is 1. The largest absolute Gasteiger partial charge is 0.383 e. The van der Waals surface area contributed by atoms with Crippen LogP contribution in [-0.2, 0) is 14.8 Å². The minimum absolute atomic E-state index is 0.381. The van der Waals surface area contributed by atoms with Crippen LogP contribution in [0.15, 0.2) is 15.7 Å². The minimum Gasteiger partial charge on any atom is -0.383 e. The molecule has 1 aliphatic rings. The molecular weight excluding hydrogens is 308 g/mol. The maximum absolute atomic E-state index is 12.2. The number of piperidine rings is 1. The maximum atomic E-state index is 12.2. The molecule has 2 heterocycles. The van der Waals surface area contributed by atoms with Gasteiger partial charge in [-0.05, 0) is 49.2 Å². The van der Waals surface area contributed by atoms with Gasteiger partial charge in [-0.2, -0.15) is 0 Å². The molecule has 1 saturated heterocycles. The highest BCUT2D eigenvalue weighted by molar-refractivity contribution is 7.91. The average Bonchev–Trinajstić information content (AvgIpc) is 2.91. The molecular formula is C14H24N2O3S2. The van der Waals surface area contributed by atoms with E-state index in [1.165, 1.54) is 11.3 Å². The van der Waals surface area contributed by atoms with Crippen molar-refractivity contribution in [3.63, 3.8) is 0 Å². The molecule has 0 radical (unpaired) electrons. The van der Waals surface area contributed by atoms with Crippen LogP contribution in [-0.4, -0.2) is 53.2 Å². The predicted octanol–water partition coefficient (Wildman–Crippen LogP) is 1.69. The summed E-state index contributed by atoms with van der Waals surface area (Å²) in [5.74, 6) is 0.381. The van der Waals surface area contributed by atoms with Crippen LogP contribution in [0.2, 0.25) is 0 Å². The zero-order chi connectivity index (χ0) is 15.3. The fourth-order valence-corrected chi connectivity index (χ4v) is 4.98. The van der Waals surface area contributed by atoms with Crippen molar-refractivity contribution in [2.75, 3.05) is 39.9 Å². The van der Waals surface area contributed by atoms with Gasteiger partial charge in [0.1, 0.15) is 4.21 Å². The summed E-state index contributed by atoms with van der Waals surface area (Å²) in [5.41, 5.74) is 0.990. The number of sulfonamides is 1. The summed E-state index contributed by atoms with van der Waals surface area (Å²) in [4.78, 5) is 2.35. The third-order valence-corrected chi connectivity index (χ3v) is 6.73. The van der Waals surface area contributed by atoms with Crippen molar-refractivity contribution in [2.24, 2.45) is 5.92 Å². The number of nitrogens with zero attached hydrogens (tertiary/aromatic N) is 1. The van der Waals surface area contributed by atoms with Crippen LogP contribution in [0.25, 0.3) is 0 Å². The quantitative estimate of drug-likeness (QED) is 0.825. The van der Waals surface area contributed by atoms with Crippen molar-refractivity contribution in [1.29, 1.82) is 0 Å². The number of aryl methyl sites for hydroxylation is 1. The Labute approximate surface area is 131 Å². The van der Waals surface area contributed by atoms with Crippen molar-refractivity contribution in [2.45, 2.75) is 24.0 Å². The summed E-state index contributed by atoms with van der Waals surface area (Å²) in [6, 6.07) is 1.72. The van der Waals surface area contributed by atoms with Crippen LogP contribution in [0.4, 0.5) is 0 Å². The molecule has 0 unspecified atom stereocenters. The molecule has 1 atom stereocenters. The summed E-state index contributed by atoms with van der Waals surface area (Å²) < 4.78 is 32.7. The van der Waals surface area contributed by atoms with Gasteiger partial charge >= 0.3 is 0 Å². The molecule has 0 saturated carbocycles. The van der Waals surface area contributed by atoms with E-state index in [2.05, 4.69) is 9.62 Å². The Morgan fingerprint density at radius 2 is 2.33 bits per heavy atom. The van der Waals surface area contributed by atoms with Crippen LogP contribution in [0, 0.1) is 12.8 Å². The Kier molecular flexibility index (Phi) is 6.19. The standard InChI is InChI=1S/C14H24N2O3S2/c1-12-8-14(20-11-12)21(17,18)15-9-13-4-3-5-16(10-13)6-7-19-2/h8,11,13,15H,3-7,9-10H2,1-2H3/t13-/m0/s1. The smallest absolute Gasteiger partial charge is 0.250 e. The first-order chi connectivity index (χ1) is 10.0. The van der Waals surface area contributed by atoms with Crippen molar-refractivity contribution < 1.29 is 13.2 Å². The fourth-order valence-electron chi connectivity index (χ4n) is 2.59. The molecule has 1 N–H and O–H groups in total. The second-order valence-electron chi connectivity index (χ2n) is 5.60. The topological polar surface area (TPSA) is 58.6 Å². The number of methoxy groups -OCH3 is 1. The van der Waals surface area contributed by atoms with Crippen LogP contribution < -0.4 is 4.72 Å². The molecule has 5 nitrogen and oxygen atoms in total. The summed E-state index contributed by atoms with van der Waals surface area (Å²) in [6.07, 6.45) is 2.20. The molecule has 1 aliphatic heterocycles. The highest BCUT2D eigenvalue weighted by Gasteiger charge is 2.22. The van der Waals surface area contributed by atoms with Crippen LogP contribution >= 0.6 is 11.3 Å². The SMILES string of the molecule is COCCN1CCC[C@@H](CNS(=O)(=O)c2cc(C)cs2)C1. The third kappa shape index (κ3) is 5.03. The number of rotatable bonds is 7. The van der Waals surface area contributed by atoms with E-state index in [9.17, 15) is 8.42 Å². The lowest BCUT2D eigenvalue weighted by Gasteiger charge is -2.32. The first-order valence-corrected chi connectivity index (χ1v) is 9.63. The average molecular weight is 332 g/mol. The van der Waals surface area contributed by atoms with Crippen molar-refractivity contribution in [3.8, 4) is 0 Å². The van der Waals surface area contributed by atoms with E-state index in [4.69, 9.17) is 4.74 Å². The second-order valence-corrected chi connectivity index (χ2v) is 8.50. The van der Waals surface area contributed by atoms with Gasteiger partial charge in [-0.15, -0.1) is 11.3 Å². The lowest BCUT2D eigenvalue weighted by Crippen LogP contribution is -2.42. The lowest BCUT2D eigenvalue weighted by atomic mass is 9.98. The van der Waals surface area contributed by atoms with Gasteiger partial charge in [0.25, 0.3) is 0 Å². The van der Waals surface area contributed by atoms with Crippen LogP contribution in [0.1, 0.15) is 18.4 Å². The molecule has 0 spiro atoms. The number of ether oxygens (including phenoxy) is 1. The van der Waals surface area contributed by atoms with Crippen molar-refractivity contribution >= 4 is 21.4 Å². The molecule has 1 aromatic heterocycles. The van der Waals surface area contributed by atoms with E-state index in [0.717, 1.165) is 44.6 Å². The Morgan fingerprint density at radius 1 is 1.52 bits per heavy atom. The fraction of sp³-hybridized carbons (Fsp3) is 0.714. The van der Waals surface area contributed by atoms with E-state index in [1.807, 2.05) is 12.3 Å². The predicted molar refractivity (Wildman–Crippen MR) is 85.3 cm³/mol. The molecule has 0 bridgehead atoms. The molecule has 0 amide bonds. The summed E-state index contributed by atoms with van der Waals surface area (Å²) in [7, 11) is -1.64. The summed E-state index contributed by atoms with van der Waals surface area (Å²) >= 11 is 1.28. The molecule has 21 heavy (non-hydrogen) atoms. The van der Waals surface area contributed by atoms with E-state index in [-0.39, 0.29) is 0 Å². The van der Waals surface area contributed by atoms with Gasteiger partial charge in [0.2, 0.25) is 10.0 Å². The molecule has 1 aromatic rings. The Bertz CT molecular complexity index is 542. The highest BCUT2D eigenvalue weighted by Crippen LogP contribution is 2.20. The molecule has 1 fully saturated rings. The van der Waals surface area contributed by atoms with Gasteiger partial charge in [0.05, 0.1) is 6.61 Å². The molecule has 0 aliphatic carbocycles. The van der Waals surface area contributed by atoms with E-state index >= 15 is 0 Å². The number of hydrogen-bond acceptors (Lipinski definition) is 5. The Balaban J connectivity index is 1.84. The molecule has 2 rings (SSSR count). The molecule has 7 heteroatoms. The van der Waals surface area contributed by atoms with Crippen molar-refractivity contribution in [1.82, 2.24) is 9.62 Å². The van der Waals surface area contributed by atoms with Gasteiger partial charge < -0.3 is 9.64 Å². The molecule has 120 valence electrons. The zero-order valence-electron chi connectivity index (χ0n) is 12.7. The van der Waals surface area contributed by atoms with Crippen LogP contribution in [0.3, 0.4) is 0 Å². The first-order valence-electron chi connectivity index (χ1n) is 7.27. The molecule has 0 aromatic carbocycles. The highest BCUT2D eigenvalue weighted by atomic mass is 32.2. The van der Waals surface area contributed by atoms with Gasteiger partial charge in [-0.25, -0.2) is 13.1 Å². The normalized spacial score (nSPS) is 20.8. The second kappa shape index (κ2) is 7.69. The van der Waals surface area contributed by atoms with Crippen molar-refractivity contribution in [3.05, 3.63) is 17.0 Å². The Hall–Kier alpha value is -0.470. The monoisotopic (exact) mass is 332 g/mol. The van der Waals surface area contributed by atoms with E-state index in [1.54, 1.807) is 13.2 Å². The summed E-state index contributed by atoms with van der Waals surface area (Å²) in [5, 5.41) is 1.86. The van der Waals surface area contributed by atoms with Gasteiger partial charge in [-0.1, -0.05) is 0 Å². The Morgan fingerprint density at radius 3 is 3.00 bits per heavy atom. The number of hydrogen-bond donors (Lipinski definition) is 1. The van der Waals surface area contributed by atoms with Crippen LogP contribution in [0.5, 0.6) is 0 Å². The van der Waals surface area contributed by atoms with E-state index in [0.29, 0.717) is 16.7 Å². The number of nitrogens with one attached hydrogen (secondary N) is 1. The maximum Gasteiger partial charge on any atom is 0.250 e. The first kappa shape index (κ1) is 16.9. The lowest BCUT2D eigenvalue weighted by molar-refractivity contribution is 0.115. The zero-order valence-corrected chi connectivity index (χ0v) is 14.3. The minimum atomic E-state index is -3.35. The van der Waals surface area contributed by atoms with Gasteiger partial charge in [-0.3, -0.25) is 0 Å². The van der Waals surface area contributed by atoms with E-state index < -0.39 is 10.0 Å². The third-order valence-electron chi connectivity index (χ3n) is 3.75. The van der Waals surface area contributed by atoms with Gasteiger partial charge in [0, 0.05) is 26.7 Å².